The summed E-state index contributed by atoms with van der Waals surface area (Å²) in [5, 5.41) is 7.72. The van der Waals surface area contributed by atoms with E-state index in [1.807, 2.05) is 13.0 Å². The highest BCUT2D eigenvalue weighted by atomic mass is 15.4. The monoisotopic (exact) mass is 208 g/mol. The highest BCUT2D eigenvalue weighted by molar-refractivity contribution is 5.93. The van der Waals surface area contributed by atoms with E-state index in [0.29, 0.717) is 5.41 Å². The van der Waals surface area contributed by atoms with Crippen molar-refractivity contribution in [2.45, 2.75) is 13.3 Å². The maximum atomic E-state index is 4.29. The van der Waals surface area contributed by atoms with Crippen LogP contribution in [0.5, 0.6) is 0 Å². The highest BCUT2D eigenvalue weighted by Gasteiger charge is 2.45. The van der Waals surface area contributed by atoms with Crippen molar-refractivity contribution in [1.29, 1.82) is 0 Å². The van der Waals surface area contributed by atoms with Crippen molar-refractivity contribution in [2.75, 3.05) is 32.7 Å². The van der Waals surface area contributed by atoms with Crippen LogP contribution < -0.4 is 10.7 Å². The first-order valence-corrected chi connectivity index (χ1v) is 5.68. The number of hydrogen-bond donors (Lipinski definition) is 2. The number of amidine groups is 1. The molecule has 0 amide bonds. The summed E-state index contributed by atoms with van der Waals surface area (Å²) in [6, 6.07) is 0. The van der Waals surface area contributed by atoms with E-state index < -0.39 is 0 Å². The molecule has 0 unspecified atom stereocenters. The van der Waals surface area contributed by atoms with E-state index in [2.05, 4.69) is 27.3 Å². The smallest absolute Gasteiger partial charge is 0.147 e. The second kappa shape index (κ2) is 4.23. The Morgan fingerprint density at radius 2 is 2.47 bits per heavy atom. The fourth-order valence-corrected chi connectivity index (χ4v) is 2.40. The molecule has 4 nitrogen and oxygen atoms in total. The molecule has 84 valence electrons. The summed E-state index contributed by atoms with van der Waals surface area (Å²) >= 11 is 0. The van der Waals surface area contributed by atoms with E-state index in [-0.39, 0.29) is 0 Å². The average molecular weight is 208 g/mol. The van der Waals surface area contributed by atoms with E-state index in [4.69, 9.17) is 0 Å². The first-order valence-electron chi connectivity index (χ1n) is 5.68. The van der Waals surface area contributed by atoms with Crippen molar-refractivity contribution in [3.8, 4) is 0 Å². The molecule has 1 spiro atoms. The zero-order valence-corrected chi connectivity index (χ0v) is 9.42. The van der Waals surface area contributed by atoms with Crippen LogP contribution >= 0.6 is 0 Å². The van der Waals surface area contributed by atoms with Gasteiger partial charge in [0.25, 0.3) is 0 Å². The van der Waals surface area contributed by atoms with Crippen molar-refractivity contribution in [3.63, 3.8) is 0 Å². The Morgan fingerprint density at radius 1 is 1.67 bits per heavy atom. The van der Waals surface area contributed by atoms with Crippen molar-refractivity contribution < 1.29 is 0 Å². The predicted molar refractivity (Wildman–Crippen MR) is 62.8 cm³/mol. The minimum Gasteiger partial charge on any atom is -0.354 e. The van der Waals surface area contributed by atoms with E-state index in [1.54, 1.807) is 0 Å². The second-order valence-electron chi connectivity index (χ2n) is 4.47. The largest absolute Gasteiger partial charge is 0.354 e. The Hall–Kier alpha value is -1.03. The summed E-state index contributed by atoms with van der Waals surface area (Å²) in [4.78, 5) is 2.29. The molecule has 2 aliphatic heterocycles. The fraction of sp³-hybridized carbons (Fsp3) is 0.727. The minimum atomic E-state index is 0.524. The summed E-state index contributed by atoms with van der Waals surface area (Å²) in [6.45, 7) is 11.3. The maximum Gasteiger partial charge on any atom is 0.147 e. The van der Waals surface area contributed by atoms with Gasteiger partial charge in [-0.15, -0.1) is 0 Å². The van der Waals surface area contributed by atoms with Crippen LogP contribution in [0, 0.1) is 5.41 Å². The number of nitrogens with zero attached hydrogens (tertiary/aromatic N) is 2. The summed E-state index contributed by atoms with van der Waals surface area (Å²) < 4.78 is 0. The van der Waals surface area contributed by atoms with Crippen molar-refractivity contribution >= 4 is 5.84 Å². The molecule has 0 radical (unpaired) electrons. The number of rotatable bonds is 3. The molecule has 2 heterocycles. The molecule has 15 heavy (non-hydrogen) atoms. The van der Waals surface area contributed by atoms with Gasteiger partial charge in [0, 0.05) is 31.6 Å². The van der Waals surface area contributed by atoms with Gasteiger partial charge in [-0.3, -0.25) is 0 Å². The third-order valence-corrected chi connectivity index (χ3v) is 3.24. The molecule has 0 aromatic heterocycles. The Morgan fingerprint density at radius 3 is 3.00 bits per heavy atom. The van der Waals surface area contributed by atoms with Gasteiger partial charge < -0.3 is 15.6 Å². The Bertz CT molecular complexity index is 258. The van der Waals surface area contributed by atoms with Gasteiger partial charge in [0.05, 0.1) is 0 Å². The zero-order chi connectivity index (χ0) is 10.7. The molecule has 0 aromatic carbocycles. The first kappa shape index (κ1) is 10.5. The number of hydrazone groups is 1. The van der Waals surface area contributed by atoms with Gasteiger partial charge in [-0.05, 0) is 26.0 Å². The van der Waals surface area contributed by atoms with E-state index in [0.717, 1.165) is 32.0 Å². The molecule has 2 saturated heterocycles. The second-order valence-corrected chi connectivity index (χ2v) is 4.47. The van der Waals surface area contributed by atoms with Crippen LogP contribution in [0.15, 0.2) is 17.8 Å². The summed E-state index contributed by atoms with van der Waals surface area (Å²) in [5.41, 5.74) is 3.51. The van der Waals surface area contributed by atoms with Crippen LogP contribution in [0.1, 0.15) is 13.3 Å². The standard InChI is InChI=1S/C11H20N4/c1-3-10(14-13-4-2)15-8-11(9-15)5-6-12-7-11/h3,12-13H,1,4-9H2,2H3/b14-10+. The van der Waals surface area contributed by atoms with E-state index >= 15 is 0 Å². The molecule has 0 aliphatic carbocycles. The first-order chi connectivity index (χ1) is 7.29. The number of nitrogens with one attached hydrogen (secondary N) is 2. The van der Waals surface area contributed by atoms with E-state index in [9.17, 15) is 0 Å². The highest BCUT2D eigenvalue weighted by Crippen LogP contribution is 2.36. The van der Waals surface area contributed by atoms with Gasteiger partial charge in [0.1, 0.15) is 5.84 Å². The summed E-state index contributed by atoms with van der Waals surface area (Å²) in [7, 11) is 0. The van der Waals surface area contributed by atoms with Gasteiger partial charge in [-0.2, -0.15) is 5.10 Å². The van der Waals surface area contributed by atoms with Crippen molar-refractivity contribution in [1.82, 2.24) is 15.6 Å². The van der Waals surface area contributed by atoms with Gasteiger partial charge in [-0.1, -0.05) is 6.58 Å². The molecule has 4 heteroatoms. The third-order valence-electron chi connectivity index (χ3n) is 3.24. The molecule has 0 bridgehead atoms. The average Bonchev–Trinajstić information content (AvgIpc) is 2.67. The van der Waals surface area contributed by atoms with Gasteiger partial charge in [0.15, 0.2) is 0 Å². The lowest BCUT2D eigenvalue weighted by molar-refractivity contribution is 0.0803. The van der Waals surface area contributed by atoms with Crippen LogP contribution in [0.25, 0.3) is 0 Å². The predicted octanol–water partition coefficient (Wildman–Crippen LogP) is 0.391. The normalized spacial score (nSPS) is 24.1. The Kier molecular flexibility index (Phi) is 2.95. The maximum absolute atomic E-state index is 4.29. The van der Waals surface area contributed by atoms with Gasteiger partial charge in [-0.25, -0.2) is 0 Å². The topological polar surface area (TPSA) is 39.7 Å². The Labute approximate surface area is 91.4 Å². The molecule has 2 fully saturated rings. The van der Waals surface area contributed by atoms with Gasteiger partial charge >= 0.3 is 0 Å². The molecule has 2 N–H and O–H groups in total. The molecule has 0 atom stereocenters. The lowest BCUT2D eigenvalue weighted by Gasteiger charge is -2.48. The molecule has 0 saturated carbocycles. The molecule has 2 rings (SSSR count). The lowest BCUT2D eigenvalue weighted by atomic mass is 9.79. The molecular formula is C11H20N4. The molecular weight excluding hydrogens is 188 g/mol. The summed E-state index contributed by atoms with van der Waals surface area (Å²) in [5.74, 6) is 0.981. The summed E-state index contributed by atoms with van der Waals surface area (Å²) in [6.07, 6.45) is 3.13. The third kappa shape index (κ3) is 2.00. The van der Waals surface area contributed by atoms with Crippen LogP contribution in [0.2, 0.25) is 0 Å². The van der Waals surface area contributed by atoms with Crippen LogP contribution in [-0.2, 0) is 0 Å². The molecule has 0 aromatic rings. The fourth-order valence-electron chi connectivity index (χ4n) is 2.40. The number of hydrogen-bond acceptors (Lipinski definition) is 3. The van der Waals surface area contributed by atoms with E-state index in [1.165, 1.54) is 13.0 Å². The molecule has 2 aliphatic rings. The van der Waals surface area contributed by atoms with Crippen LogP contribution in [0.4, 0.5) is 0 Å². The van der Waals surface area contributed by atoms with Crippen LogP contribution in [-0.4, -0.2) is 43.5 Å². The quantitative estimate of drug-likeness (QED) is 0.400. The zero-order valence-electron chi connectivity index (χ0n) is 9.42. The minimum absolute atomic E-state index is 0.524. The Balaban J connectivity index is 1.88. The van der Waals surface area contributed by atoms with Crippen molar-refractivity contribution in [2.24, 2.45) is 10.5 Å². The van der Waals surface area contributed by atoms with Crippen LogP contribution in [0.3, 0.4) is 0 Å². The lowest BCUT2D eigenvalue weighted by Crippen LogP contribution is -2.59. The number of likely N-dealkylation sites (tertiary alicyclic amines) is 1. The van der Waals surface area contributed by atoms with Gasteiger partial charge in [0.2, 0.25) is 0 Å². The SMILES string of the molecule is C=C/C(=N\NCC)N1CC2(CCNC2)C1. The van der Waals surface area contributed by atoms with Crippen molar-refractivity contribution in [3.05, 3.63) is 12.7 Å².